The van der Waals surface area contributed by atoms with E-state index in [1.807, 2.05) is 0 Å². The Bertz CT molecular complexity index is 1940. The zero-order chi connectivity index (χ0) is 26.5. The van der Waals surface area contributed by atoms with Crippen molar-refractivity contribution in [3.05, 3.63) is 89.6 Å². The first kappa shape index (κ1) is 24.7. The number of amides is 1. The summed E-state index contributed by atoms with van der Waals surface area (Å²) in [4.78, 5) is 12.1. The molecule has 13 heteroatoms. The molecule has 5 rings (SSSR count). The molecule has 0 aliphatic carbocycles. The molecule has 5 aromatic rings. The summed E-state index contributed by atoms with van der Waals surface area (Å²) in [5.74, 6) is -0.762. The number of benzene rings is 4. The van der Waals surface area contributed by atoms with E-state index < -0.39 is 26.0 Å². The average Bonchev–Trinajstić information content (AvgIpc) is 3.24. The van der Waals surface area contributed by atoms with Gasteiger partial charge in [-0.2, -0.15) is 5.10 Å². The van der Waals surface area contributed by atoms with Crippen molar-refractivity contribution in [1.29, 1.82) is 0 Å². The molecule has 5 N–H and O–H groups in total. The summed E-state index contributed by atoms with van der Waals surface area (Å²) in [6, 6.07) is 19.9. The Morgan fingerprint density at radius 1 is 0.865 bits per heavy atom. The lowest BCUT2D eigenvalue weighted by Gasteiger charge is -2.11. The molecule has 0 unspecified atom stereocenters. The summed E-state index contributed by atoms with van der Waals surface area (Å²) in [6.45, 7) is 0. The van der Waals surface area contributed by atoms with Gasteiger partial charge >= 0.3 is 0 Å². The van der Waals surface area contributed by atoms with Crippen LogP contribution in [0.5, 0.6) is 0 Å². The Labute approximate surface area is 216 Å². The van der Waals surface area contributed by atoms with Crippen LogP contribution in [0, 0.1) is 0 Å². The topological polar surface area (TPSA) is 167 Å². The lowest BCUT2D eigenvalue weighted by molar-refractivity contribution is 0.0996. The number of primary sulfonamides is 1. The molecule has 10 nitrogen and oxygen atoms in total. The van der Waals surface area contributed by atoms with Gasteiger partial charge in [0.15, 0.2) is 5.69 Å². The molecule has 1 amide bonds. The normalized spacial score (nSPS) is 12.2. The highest BCUT2D eigenvalue weighted by Gasteiger charge is 2.20. The second-order valence-corrected chi connectivity index (χ2v) is 11.8. The van der Waals surface area contributed by atoms with Crippen LogP contribution < -0.4 is 15.6 Å². The van der Waals surface area contributed by atoms with E-state index in [2.05, 4.69) is 9.82 Å². The van der Waals surface area contributed by atoms with Crippen LogP contribution in [0.4, 0.5) is 5.69 Å². The third-order valence-electron chi connectivity index (χ3n) is 5.66. The predicted molar refractivity (Wildman–Crippen MR) is 141 cm³/mol. The van der Waals surface area contributed by atoms with Gasteiger partial charge in [-0.15, -0.1) is 0 Å². The molecule has 0 aliphatic heterocycles. The average molecular weight is 556 g/mol. The number of nitrogens with zero attached hydrogens (tertiary/aromatic N) is 2. The highest BCUT2D eigenvalue weighted by molar-refractivity contribution is 7.92. The maximum absolute atomic E-state index is 12.9. The lowest BCUT2D eigenvalue weighted by Crippen LogP contribution is -2.13. The molecular weight excluding hydrogens is 538 g/mol. The van der Waals surface area contributed by atoms with Gasteiger partial charge in [0, 0.05) is 21.5 Å². The van der Waals surface area contributed by atoms with E-state index in [4.69, 9.17) is 22.5 Å². The van der Waals surface area contributed by atoms with Gasteiger partial charge in [0.2, 0.25) is 10.0 Å². The van der Waals surface area contributed by atoms with Crippen molar-refractivity contribution < 1.29 is 21.6 Å². The van der Waals surface area contributed by atoms with Crippen molar-refractivity contribution in [2.75, 3.05) is 4.72 Å². The molecule has 0 atom stereocenters. The maximum Gasteiger partial charge on any atom is 0.269 e. The summed E-state index contributed by atoms with van der Waals surface area (Å²) >= 11 is 5.96. The number of primary amides is 1. The van der Waals surface area contributed by atoms with E-state index in [0.29, 0.717) is 22.0 Å². The number of hydrogen-bond acceptors (Lipinski definition) is 6. The Balaban J connectivity index is 1.70. The molecule has 0 saturated carbocycles. The Kier molecular flexibility index (Phi) is 5.91. The van der Waals surface area contributed by atoms with Crippen LogP contribution >= 0.6 is 11.6 Å². The quantitative estimate of drug-likeness (QED) is 0.290. The number of aromatic nitrogens is 2. The smallest absolute Gasteiger partial charge is 0.269 e. The molecule has 1 heterocycles. The number of rotatable bonds is 6. The number of nitrogens with one attached hydrogen (secondary N) is 1. The van der Waals surface area contributed by atoms with E-state index >= 15 is 0 Å². The maximum atomic E-state index is 12.9. The first-order valence-corrected chi connectivity index (χ1v) is 14.0. The van der Waals surface area contributed by atoms with Gasteiger partial charge in [-0.3, -0.25) is 9.52 Å². The van der Waals surface area contributed by atoms with Crippen molar-refractivity contribution in [2.24, 2.45) is 10.9 Å². The van der Waals surface area contributed by atoms with Gasteiger partial charge in [-0.25, -0.2) is 26.7 Å². The number of nitrogens with two attached hydrogens (primary N) is 2. The molecule has 0 radical (unpaired) electrons. The van der Waals surface area contributed by atoms with Crippen LogP contribution in [0.2, 0.25) is 5.02 Å². The SMILES string of the molecule is NC(=O)c1nn(-c2ccc(S(N)(=O)=O)cc2)c2c1ccc1ccc(NS(=O)(=O)c3cccc(Cl)c3)cc12. The van der Waals surface area contributed by atoms with E-state index in [1.165, 1.54) is 47.1 Å². The Hall–Kier alpha value is -3.97. The number of fused-ring (bicyclic) bond motifs is 3. The van der Waals surface area contributed by atoms with Crippen LogP contribution in [-0.4, -0.2) is 32.5 Å². The van der Waals surface area contributed by atoms with Crippen molar-refractivity contribution >= 4 is 64.9 Å². The fraction of sp³-hybridized carbons (Fsp3) is 0. The van der Waals surface area contributed by atoms with Gasteiger partial charge in [0.1, 0.15) is 0 Å². The summed E-state index contributed by atoms with van der Waals surface area (Å²) < 4.78 is 53.2. The molecule has 188 valence electrons. The van der Waals surface area contributed by atoms with E-state index in [9.17, 15) is 21.6 Å². The van der Waals surface area contributed by atoms with Crippen molar-refractivity contribution in [3.63, 3.8) is 0 Å². The zero-order valence-corrected chi connectivity index (χ0v) is 21.2. The van der Waals surface area contributed by atoms with Crippen LogP contribution in [0.15, 0.2) is 88.7 Å². The highest BCUT2D eigenvalue weighted by Crippen LogP contribution is 2.32. The number of anilines is 1. The minimum absolute atomic E-state index is 0.00247. The first-order valence-electron chi connectivity index (χ1n) is 10.6. The molecule has 0 saturated heterocycles. The fourth-order valence-electron chi connectivity index (χ4n) is 3.98. The molecule has 0 aliphatic rings. The Morgan fingerprint density at radius 2 is 1.57 bits per heavy atom. The molecular formula is C24H18ClN5O5S2. The molecule has 4 aromatic carbocycles. The number of sulfonamides is 2. The molecule has 0 fully saturated rings. The minimum Gasteiger partial charge on any atom is -0.364 e. The number of carbonyl (C=O) groups is 1. The van der Waals surface area contributed by atoms with Crippen LogP contribution in [0.1, 0.15) is 10.5 Å². The third kappa shape index (κ3) is 4.62. The second kappa shape index (κ2) is 8.85. The molecule has 0 spiro atoms. The van der Waals surface area contributed by atoms with Crippen LogP contribution in [0.25, 0.3) is 27.4 Å². The van der Waals surface area contributed by atoms with Gasteiger partial charge in [-0.05, 0) is 66.0 Å². The van der Waals surface area contributed by atoms with E-state index in [-0.39, 0.29) is 26.2 Å². The minimum atomic E-state index is -3.95. The highest BCUT2D eigenvalue weighted by atomic mass is 35.5. The summed E-state index contributed by atoms with van der Waals surface area (Å²) in [5, 5.41) is 11.6. The van der Waals surface area contributed by atoms with E-state index in [0.717, 1.165) is 5.39 Å². The van der Waals surface area contributed by atoms with Crippen molar-refractivity contribution in [3.8, 4) is 5.69 Å². The zero-order valence-electron chi connectivity index (χ0n) is 18.8. The Morgan fingerprint density at radius 3 is 2.22 bits per heavy atom. The summed E-state index contributed by atoms with van der Waals surface area (Å²) in [6.07, 6.45) is 0. The first-order chi connectivity index (χ1) is 17.4. The molecule has 0 bridgehead atoms. The van der Waals surface area contributed by atoms with Gasteiger partial charge in [0.05, 0.1) is 21.0 Å². The van der Waals surface area contributed by atoms with Crippen LogP contribution in [-0.2, 0) is 20.0 Å². The van der Waals surface area contributed by atoms with Gasteiger partial charge in [-0.1, -0.05) is 29.8 Å². The second-order valence-electron chi connectivity index (χ2n) is 8.12. The van der Waals surface area contributed by atoms with Crippen molar-refractivity contribution in [1.82, 2.24) is 9.78 Å². The molecule has 1 aromatic heterocycles. The number of halogens is 1. The predicted octanol–water partition coefficient (Wildman–Crippen LogP) is 3.38. The summed E-state index contributed by atoms with van der Waals surface area (Å²) in [7, 11) is -7.86. The summed E-state index contributed by atoms with van der Waals surface area (Å²) in [5.41, 5.74) is 6.74. The van der Waals surface area contributed by atoms with Gasteiger partial charge in [0.25, 0.3) is 15.9 Å². The monoisotopic (exact) mass is 555 g/mol. The van der Waals surface area contributed by atoms with Crippen LogP contribution in [0.3, 0.4) is 0 Å². The van der Waals surface area contributed by atoms with Gasteiger partial charge < -0.3 is 5.73 Å². The third-order valence-corrected chi connectivity index (χ3v) is 8.21. The molecule has 37 heavy (non-hydrogen) atoms. The lowest BCUT2D eigenvalue weighted by atomic mass is 10.0. The van der Waals surface area contributed by atoms with E-state index in [1.54, 1.807) is 36.4 Å². The standard InChI is InChI=1S/C24H18ClN5O5S2/c25-15-2-1-3-19(12-15)37(34,35)29-16-6-4-14-5-11-20-22(24(26)31)28-30(23(20)21(14)13-16)17-7-9-18(10-8-17)36(27,32)33/h1-13,29H,(H2,26,31)(H2,27,32,33). The number of carbonyl (C=O) groups excluding carboxylic acids is 1. The van der Waals surface area contributed by atoms with Crippen molar-refractivity contribution in [2.45, 2.75) is 9.79 Å². The fourth-order valence-corrected chi connectivity index (χ4v) is 5.85. The largest absolute Gasteiger partial charge is 0.364 e. The number of hydrogen-bond donors (Lipinski definition) is 3.